The van der Waals surface area contributed by atoms with Gasteiger partial charge in [-0.05, 0) is 55.2 Å². The monoisotopic (exact) mass is 524 g/mol. The smallest absolute Gasteiger partial charge is 0.258 e. The average molecular weight is 525 g/mol. The number of carbonyl (C=O) groups is 1. The average Bonchev–Trinajstić information content (AvgIpc) is 3.41. The second-order valence-corrected chi connectivity index (χ2v) is 12.2. The topological polar surface area (TPSA) is 81.0 Å². The Labute approximate surface area is 226 Å². The van der Waals surface area contributed by atoms with E-state index in [1.165, 1.54) is 32.1 Å². The van der Waals surface area contributed by atoms with Crippen LogP contribution in [0.25, 0.3) is 10.8 Å². The molecule has 2 aromatic rings. The fraction of sp³-hybridized carbons (Fsp3) is 0.677. The summed E-state index contributed by atoms with van der Waals surface area (Å²) in [7, 11) is 3.14. The number of fused-ring (bicyclic) bond motifs is 1. The normalized spacial score (nSPS) is 24.6. The van der Waals surface area contributed by atoms with Crippen molar-refractivity contribution in [1.29, 1.82) is 0 Å². The first kappa shape index (κ1) is 27.0. The van der Waals surface area contributed by atoms with Gasteiger partial charge in [0.25, 0.3) is 5.56 Å². The second kappa shape index (κ2) is 10.9. The van der Waals surface area contributed by atoms with Crippen LogP contribution in [-0.4, -0.2) is 53.4 Å². The number of piperidine rings is 1. The van der Waals surface area contributed by atoms with Crippen molar-refractivity contribution < 1.29 is 19.4 Å². The summed E-state index contributed by atoms with van der Waals surface area (Å²) in [5.41, 5.74) is -1.57. The summed E-state index contributed by atoms with van der Waals surface area (Å²) in [6, 6.07) is 5.43. The third kappa shape index (κ3) is 4.94. The van der Waals surface area contributed by atoms with Crippen LogP contribution in [0.1, 0.15) is 77.6 Å². The minimum Gasteiger partial charge on any atom is -0.493 e. The SMILES string of the molecule is COc1cc2ccn(CC3(O)CCN(C(=O)[C@H](C)CC4CCCCC4)CC34CCCC4)c(=O)c2cc1OC. The zero-order chi connectivity index (χ0) is 26.9. The van der Waals surface area contributed by atoms with Crippen molar-refractivity contribution in [2.45, 2.75) is 89.7 Å². The van der Waals surface area contributed by atoms with Crippen molar-refractivity contribution in [3.05, 3.63) is 34.7 Å². The molecule has 3 fully saturated rings. The molecule has 2 atom stereocenters. The molecular formula is C31H44N2O5. The lowest BCUT2D eigenvalue weighted by Crippen LogP contribution is -2.62. The Morgan fingerprint density at radius 1 is 1.05 bits per heavy atom. The van der Waals surface area contributed by atoms with Gasteiger partial charge in [0.15, 0.2) is 11.5 Å². The number of carbonyl (C=O) groups excluding carboxylic acids is 1. The number of aromatic nitrogens is 1. The number of benzene rings is 1. The maximum atomic E-state index is 13.6. The fourth-order valence-corrected chi connectivity index (χ4v) is 7.64. The standard InChI is InChI=1S/C31H44N2O5/c1-22(17-23-9-5-4-6-10-23)28(34)33-16-14-31(36,30(20-33)12-7-8-13-30)21-32-15-11-24-18-26(37-2)27(38-3)19-25(24)29(32)35/h11,15,18-19,22-23,36H,4-10,12-14,16-17,20-21H2,1-3H3/t22-,31?/m1/s1. The van der Waals surface area contributed by atoms with Crippen LogP contribution >= 0.6 is 0 Å². The number of nitrogens with zero attached hydrogens (tertiary/aromatic N) is 2. The van der Waals surface area contributed by atoms with Crippen molar-refractivity contribution in [3.8, 4) is 11.5 Å². The molecule has 7 nitrogen and oxygen atoms in total. The maximum absolute atomic E-state index is 13.6. The first-order valence-corrected chi connectivity index (χ1v) is 14.6. The van der Waals surface area contributed by atoms with Gasteiger partial charge in [0, 0.05) is 30.6 Å². The molecule has 1 aromatic heterocycles. The van der Waals surface area contributed by atoms with E-state index in [2.05, 4.69) is 6.92 Å². The van der Waals surface area contributed by atoms with Crippen molar-refractivity contribution >= 4 is 16.7 Å². The Morgan fingerprint density at radius 3 is 2.42 bits per heavy atom. The van der Waals surface area contributed by atoms with Gasteiger partial charge in [-0.2, -0.15) is 0 Å². The number of aliphatic hydroxyl groups is 1. The van der Waals surface area contributed by atoms with Crippen molar-refractivity contribution in [3.63, 3.8) is 0 Å². The first-order chi connectivity index (χ1) is 18.3. The summed E-state index contributed by atoms with van der Waals surface area (Å²) in [6.07, 6.45) is 13.5. The molecule has 1 saturated heterocycles. The van der Waals surface area contributed by atoms with E-state index >= 15 is 0 Å². The zero-order valence-electron chi connectivity index (χ0n) is 23.3. The van der Waals surface area contributed by atoms with E-state index in [0.29, 0.717) is 42.3 Å². The third-order valence-electron chi connectivity index (χ3n) is 9.89. The van der Waals surface area contributed by atoms with E-state index in [4.69, 9.17) is 9.47 Å². The largest absolute Gasteiger partial charge is 0.493 e. The molecule has 2 aliphatic carbocycles. The Balaban J connectivity index is 1.37. The van der Waals surface area contributed by atoms with E-state index < -0.39 is 5.60 Å². The number of amides is 1. The first-order valence-electron chi connectivity index (χ1n) is 14.6. The van der Waals surface area contributed by atoms with Crippen LogP contribution < -0.4 is 15.0 Å². The van der Waals surface area contributed by atoms with Gasteiger partial charge in [0.05, 0.1) is 31.8 Å². The summed E-state index contributed by atoms with van der Waals surface area (Å²) in [5, 5.41) is 13.5. The zero-order valence-corrected chi connectivity index (χ0v) is 23.3. The molecule has 2 heterocycles. The fourth-order valence-electron chi connectivity index (χ4n) is 7.64. The van der Waals surface area contributed by atoms with E-state index in [9.17, 15) is 14.7 Å². The molecule has 38 heavy (non-hydrogen) atoms. The highest BCUT2D eigenvalue weighted by Crippen LogP contribution is 2.52. The molecule has 0 radical (unpaired) electrons. The third-order valence-corrected chi connectivity index (χ3v) is 9.89. The molecular weight excluding hydrogens is 480 g/mol. The molecule has 7 heteroatoms. The van der Waals surface area contributed by atoms with E-state index in [1.807, 2.05) is 17.0 Å². The molecule has 208 valence electrons. The lowest BCUT2D eigenvalue weighted by atomic mass is 9.65. The molecule has 0 bridgehead atoms. The van der Waals surface area contributed by atoms with Gasteiger partial charge in [-0.3, -0.25) is 9.59 Å². The number of hydrogen-bond donors (Lipinski definition) is 1. The number of pyridine rings is 1. The van der Waals surface area contributed by atoms with Gasteiger partial charge in [-0.15, -0.1) is 0 Å². The van der Waals surface area contributed by atoms with Gasteiger partial charge in [0.2, 0.25) is 5.91 Å². The van der Waals surface area contributed by atoms with Crippen LogP contribution in [0, 0.1) is 17.3 Å². The Hall–Kier alpha value is -2.54. The van der Waals surface area contributed by atoms with Gasteiger partial charge in [0.1, 0.15) is 0 Å². The van der Waals surface area contributed by atoms with Gasteiger partial charge in [-0.1, -0.05) is 51.9 Å². The predicted octanol–water partition coefficient (Wildman–Crippen LogP) is 5.15. The van der Waals surface area contributed by atoms with E-state index in [0.717, 1.165) is 37.5 Å². The van der Waals surface area contributed by atoms with Crippen molar-refractivity contribution in [2.75, 3.05) is 27.3 Å². The number of likely N-dealkylation sites (tertiary alicyclic amines) is 1. The van der Waals surface area contributed by atoms with Crippen LogP contribution in [0.3, 0.4) is 0 Å². The van der Waals surface area contributed by atoms with Crippen molar-refractivity contribution in [2.24, 2.45) is 17.3 Å². The molecule has 1 amide bonds. The maximum Gasteiger partial charge on any atom is 0.258 e. The highest BCUT2D eigenvalue weighted by atomic mass is 16.5. The number of methoxy groups -OCH3 is 2. The van der Waals surface area contributed by atoms with Crippen LogP contribution in [-0.2, 0) is 11.3 Å². The van der Waals surface area contributed by atoms with Crippen molar-refractivity contribution in [1.82, 2.24) is 9.47 Å². The minimum atomic E-state index is -1.04. The quantitative estimate of drug-likeness (QED) is 0.542. The van der Waals surface area contributed by atoms with Crippen LogP contribution in [0.15, 0.2) is 29.2 Å². The molecule has 3 aliphatic rings. The lowest BCUT2D eigenvalue weighted by molar-refractivity contribution is -0.163. The molecule has 1 unspecified atom stereocenters. The summed E-state index contributed by atoms with van der Waals surface area (Å²) in [4.78, 5) is 29.2. The molecule has 1 aromatic carbocycles. The molecule has 1 aliphatic heterocycles. The number of rotatable bonds is 7. The Bertz CT molecular complexity index is 1210. The van der Waals surface area contributed by atoms with E-state index in [-0.39, 0.29) is 29.3 Å². The molecule has 5 rings (SSSR count). The molecule has 1 spiro atoms. The van der Waals surface area contributed by atoms with Gasteiger partial charge in [-0.25, -0.2) is 0 Å². The second-order valence-electron chi connectivity index (χ2n) is 12.2. The van der Waals surface area contributed by atoms with Gasteiger partial charge < -0.3 is 24.0 Å². The number of ether oxygens (including phenoxy) is 2. The summed E-state index contributed by atoms with van der Waals surface area (Å²) < 4.78 is 12.5. The van der Waals surface area contributed by atoms with Gasteiger partial charge >= 0.3 is 0 Å². The van der Waals surface area contributed by atoms with Crippen LogP contribution in [0.4, 0.5) is 0 Å². The Kier molecular flexibility index (Phi) is 7.77. The van der Waals surface area contributed by atoms with E-state index in [1.54, 1.807) is 31.0 Å². The molecule has 1 N–H and O–H groups in total. The lowest BCUT2D eigenvalue weighted by Gasteiger charge is -2.53. The van der Waals surface area contributed by atoms with Crippen LogP contribution in [0.5, 0.6) is 11.5 Å². The minimum absolute atomic E-state index is 0.0258. The number of hydrogen-bond acceptors (Lipinski definition) is 5. The highest BCUT2D eigenvalue weighted by molar-refractivity contribution is 5.85. The Morgan fingerprint density at radius 2 is 1.74 bits per heavy atom. The highest BCUT2D eigenvalue weighted by Gasteiger charge is 2.55. The molecule has 2 saturated carbocycles. The van der Waals surface area contributed by atoms with Crippen LogP contribution in [0.2, 0.25) is 0 Å². The summed E-state index contributed by atoms with van der Waals surface area (Å²) in [6.45, 7) is 3.46. The summed E-state index contributed by atoms with van der Waals surface area (Å²) in [5.74, 6) is 2.03. The predicted molar refractivity (Wildman–Crippen MR) is 149 cm³/mol. The summed E-state index contributed by atoms with van der Waals surface area (Å²) >= 11 is 0.